The highest BCUT2D eigenvalue weighted by Crippen LogP contribution is 2.42. The summed E-state index contributed by atoms with van der Waals surface area (Å²) in [5.41, 5.74) is 0. The molecule has 3 heterocycles. The molecule has 0 aromatic rings. The molecule has 3 rings (SSSR count). The molecule has 5 heteroatoms. The Labute approximate surface area is 113 Å². The summed E-state index contributed by atoms with van der Waals surface area (Å²) < 4.78 is 0. The van der Waals surface area contributed by atoms with Crippen molar-refractivity contribution < 1.29 is 14.7 Å². The minimum Gasteiger partial charge on any atom is -0.481 e. The lowest BCUT2D eigenvalue weighted by molar-refractivity contribution is -0.143. The molecule has 2 N–H and O–H groups in total. The Morgan fingerprint density at radius 1 is 1.11 bits per heavy atom. The van der Waals surface area contributed by atoms with Gasteiger partial charge in [-0.2, -0.15) is 0 Å². The number of amides is 1. The average Bonchev–Trinajstić information content (AvgIpc) is 2.84. The molecule has 1 amide bonds. The molecule has 19 heavy (non-hydrogen) atoms. The molecule has 0 saturated carbocycles. The van der Waals surface area contributed by atoms with E-state index in [1.165, 1.54) is 6.42 Å². The van der Waals surface area contributed by atoms with Crippen LogP contribution in [0, 0.1) is 5.92 Å². The van der Waals surface area contributed by atoms with Crippen LogP contribution in [0.1, 0.15) is 44.9 Å². The van der Waals surface area contributed by atoms with Crippen LogP contribution in [0.15, 0.2) is 0 Å². The molecule has 4 unspecified atom stereocenters. The van der Waals surface area contributed by atoms with Gasteiger partial charge in [-0.1, -0.05) is 12.8 Å². The Balaban J connectivity index is 1.71. The fourth-order valence-corrected chi connectivity index (χ4v) is 4.02. The zero-order valence-electron chi connectivity index (χ0n) is 11.2. The standard InChI is InChI=1S/C14H22N2O3/c17-13(11-4-2-1-3-7-15-11)16-9-5-6-12(16)10(8-9)14(18)19/h9-12,15H,1-8H2,(H,18,19). The van der Waals surface area contributed by atoms with Gasteiger partial charge in [0.15, 0.2) is 0 Å². The molecule has 0 aromatic heterocycles. The number of carbonyl (C=O) groups is 2. The predicted molar refractivity (Wildman–Crippen MR) is 69.7 cm³/mol. The minimum atomic E-state index is -0.737. The molecule has 0 radical (unpaired) electrons. The third-order valence-electron chi connectivity index (χ3n) is 4.97. The van der Waals surface area contributed by atoms with E-state index in [4.69, 9.17) is 0 Å². The fraction of sp³-hybridized carbons (Fsp3) is 0.857. The second-order valence-corrected chi connectivity index (χ2v) is 6.08. The van der Waals surface area contributed by atoms with Crippen molar-refractivity contribution in [3.05, 3.63) is 0 Å². The van der Waals surface area contributed by atoms with E-state index in [-0.39, 0.29) is 30.0 Å². The van der Waals surface area contributed by atoms with Crippen molar-refractivity contribution in [3.8, 4) is 0 Å². The minimum absolute atomic E-state index is 0.0555. The van der Waals surface area contributed by atoms with Crippen molar-refractivity contribution in [1.82, 2.24) is 10.2 Å². The molecule has 5 nitrogen and oxygen atoms in total. The van der Waals surface area contributed by atoms with Gasteiger partial charge in [-0.15, -0.1) is 0 Å². The lowest BCUT2D eigenvalue weighted by Crippen LogP contribution is -2.49. The Morgan fingerprint density at radius 2 is 1.95 bits per heavy atom. The third-order valence-corrected chi connectivity index (χ3v) is 4.97. The number of carbonyl (C=O) groups excluding carboxylic acids is 1. The van der Waals surface area contributed by atoms with Gasteiger partial charge in [0.2, 0.25) is 5.91 Å². The molecule has 0 aliphatic carbocycles. The van der Waals surface area contributed by atoms with Gasteiger partial charge in [0.05, 0.1) is 12.0 Å². The van der Waals surface area contributed by atoms with Gasteiger partial charge in [-0.25, -0.2) is 0 Å². The summed E-state index contributed by atoms with van der Waals surface area (Å²) in [7, 11) is 0. The number of nitrogens with zero attached hydrogens (tertiary/aromatic N) is 1. The van der Waals surface area contributed by atoms with Gasteiger partial charge in [0, 0.05) is 12.1 Å². The van der Waals surface area contributed by atoms with E-state index >= 15 is 0 Å². The largest absolute Gasteiger partial charge is 0.481 e. The molecular formula is C14H22N2O3. The van der Waals surface area contributed by atoms with E-state index in [0.29, 0.717) is 6.42 Å². The first-order valence-corrected chi connectivity index (χ1v) is 7.47. The Kier molecular flexibility index (Phi) is 3.48. The second-order valence-electron chi connectivity index (χ2n) is 6.08. The lowest BCUT2D eigenvalue weighted by atomic mass is 9.89. The first kappa shape index (κ1) is 12.9. The first-order valence-electron chi connectivity index (χ1n) is 7.47. The van der Waals surface area contributed by atoms with Crippen molar-refractivity contribution in [2.24, 2.45) is 5.92 Å². The number of rotatable bonds is 2. The zero-order valence-corrected chi connectivity index (χ0v) is 11.2. The Hall–Kier alpha value is -1.10. The van der Waals surface area contributed by atoms with Gasteiger partial charge >= 0.3 is 5.97 Å². The van der Waals surface area contributed by atoms with Gasteiger partial charge in [0.25, 0.3) is 0 Å². The smallest absolute Gasteiger partial charge is 0.308 e. The van der Waals surface area contributed by atoms with Crippen LogP contribution in [-0.2, 0) is 9.59 Å². The molecule has 3 fully saturated rings. The van der Waals surface area contributed by atoms with Crippen LogP contribution < -0.4 is 5.32 Å². The summed E-state index contributed by atoms with van der Waals surface area (Å²) in [5, 5.41) is 12.6. The average molecular weight is 266 g/mol. The van der Waals surface area contributed by atoms with Crippen molar-refractivity contribution in [2.45, 2.75) is 63.1 Å². The molecule has 3 saturated heterocycles. The molecule has 3 aliphatic rings. The maximum absolute atomic E-state index is 12.7. The maximum atomic E-state index is 12.7. The number of nitrogens with one attached hydrogen (secondary N) is 1. The number of fused-ring (bicyclic) bond motifs is 2. The summed E-state index contributed by atoms with van der Waals surface area (Å²) in [6.07, 6.45) is 6.79. The zero-order chi connectivity index (χ0) is 13.4. The summed E-state index contributed by atoms with van der Waals surface area (Å²) >= 11 is 0. The number of carboxylic acids is 1. The van der Waals surface area contributed by atoms with Gasteiger partial charge in [0.1, 0.15) is 0 Å². The van der Waals surface area contributed by atoms with E-state index < -0.39 is 5.97 Å². The summed E-state index contributed by atoms with van der Waals surface area (Å²) in [6.45, 7) is 0.905. The molecule has 2 bridgehead atoms. The number of carboxylic acid groups (broad SMARTS) is 1. The van der Waals surface area contributed by atoms with Gasteiger partial charge in [-0.05, 0) is 38.6 Å². The van der Waals surface area contributed by atoms with Crippen LogP contribution in [0.4, 0.5) is 0 Å². The topological polar surface area (TPSA) is 69.6 Å². The number of hydrogen-bond donors (Lipinski definition) is 2. The molecule has 106 valence electrons. The van der Waals surface area contributed by atoms with E-state index in [0.717, 1.165) is 38.6 Å². The molecular weight excluding hydrogens is 244 g/mol. The van der Waals surface area contributed by atoms with Crippen LogP contribution in [0.25, 0.3) is 0 Å². The molecule has 4 atom stereocenters. The van der Waals surface area contributed by atoms with Crippen molar-refractivity contribution >= 4 is 11.9 Å². The predicted octanol–water partition coefficient (Wildman–Crippen LogP) is 0.983. The van der Waals surface area contributed by atoms with E-state index in [9.17, 15) is 14.7 Å². The van der Waals surface area contributed by atoms with Gasteiger partial charge < -0.3 is 15.3 Å². The van der Waals surface area contributed by atoms with Crippen molar-refractivity contribution in [1.29, 1.82) is 0 Å². The Bertz CT molecular complexity index is 377. The summed E-state index contributed by atoms with van der Waals surface area (Å²) in [5.74, 6) is -0.926. The lowest BCUT2D eigenvalue weighted by Gasteiger charge is -2.27. The van der Waals surface area contributed by atoms with Crippen LogP contribution in [-0.4, -0.2) is 46.6 Å². The Morgan fingerprint density at radius 3 is 2.68 bits per heavy atom. The highest BCUT2D eigenvalue weighted by molar-refractivity contribution is 5.84. The summed E-state index contributed by atoms with van der Waals surface area (Å²) in [6, 6.07) is 0.0295. The summed E-state index contributed by atoms with van der Waals surface area (Å²) in [4.78, 5) is 25.8. The van der Waals surface area contributed by atoms with E-state index in [1.54, 1.807) is 0 Å². The third kappa shape index (κ3) is 2.24. The highest BCUT2D eigenvalue weighted by Gasteiger charge is 2.52. The van der Waals surface area contributed by atoms with Crippen LogP contribution in [0.3, 0.4) is 0 Å². The maximum Gasteiger partial charge on any atom is 0.308 e. The van der Waals surface area contributed by atoms with E-state index in [2.05, 4.69) is 5.32 Å². The molecule has 0 spiro atoms. The number of hydrogen-bond acceptors (Lipinski definition) is 3. The quantitative estimate of drug-likeness (QED) is 0.782. The monoisotopic (exact) mass is 266 g/mol. The normalized spacial score (nSPS) is 38.2. The van der Waals surface area contributed by atoms with Crippen molar-refractivity contribution in [2.75, 3.05) is 6.54 Å². The molecule has 0 aromatic carbocycles. The van der Waals surface area contributed by atoms with Crippen molar-refractivity contribution in [3.63, 3.8) is 0 Å². The van der Waals surface area contributed by atoms with Crippen LogP contribution in [0.2, 0.25) is 0 Å². The van der Waals surface area contributed by atoms with Crippen LogP contribution >= 0.6 is 0 Å². The number of aliphatic carboxylic acids is 1. The SMILES string of the molecule is O=C(O)C1CC2CCC1N2C(=O)C1CCCCCN1. The molecule has 3 aliphatic heterocycles. The van der Waals surface area contributed by atoms with Crippen LogP contribution in [0.5, 0.6) is 0 Å². The van der Waals surface area contributed by atoms with E-state index in [1.807, 2.05) is 4.90 Å². The second kappa shape index (κ2) is 5.12. The fourth-order valence-electron chi connectivity index (χ4n) is 4.02. The van der Waals surface area contributed by atoms with Gasteiger partial charge in [-0.3, -0.25) is 9.59 Å². The first-order chi connectivity index (χ1) is 9.18. The highest BCUT2D eigenvalue weighted by atomic mass is 16.4.